The first-order valence-corrected chi connectivity index (χ1v) is 7.36. The number of aliphatic hydroxyl groups is 1. The minimum absolute atomic E-state index is 0.00465. The molecule has 2 aliphatic heterocycles. The smallest absolute Gasteiger partial charge is 0.228 e. The average molecular weight is 300 g/mol. The van der Waals surface area contributed by atoms with Gasteiger partial charge in [-0.3, -0.25) is 9.59 Å². The molecule has 0 aromatic heterocycles. The van der Waals surface area contributed by atoms with Crippen molar-refractivity contribution >= 4 is 11.8 Å². The second kappa shape index (κ2) is 7.20. The molecule has 0 aromatic carbocycles. The zero-order chi connectivity index (χ0) is 15.4. The molecule has 2 amide bonds. The van der Waals surface area contributed by atoms with E-state index in [1.807, 2.05) is 6.92 Å². The summed E-state index contributed by atoms with van der Waals surface area (Å²) >= 11 is 0. The van der Waals surface area contributed by atoms with Gasteiger partial charge in [0.05, 0.1) is 37.9 Å². The van der Waals surface area contributed by atoms with Gasteiger partial charge in [0.1, 0.15) is 0 Å². The van der Waals surface area contributed by atoms with Gasteiger partial charge >= 0.3 is 0 Å². The summed E-state index contributed by atoms with van der Waals surface area (Å²) < 4.78 is 10.4. The molecular formula is C14H24N2O5. The Balaban J connectivity index is 1.95. The molecule has 2 fully saturated rings. The molecule has 0 spiro atoms. The molecule has 0 radical (unpaired) electrons. The van der Waals surface area contributed by atoms with E-state index < -0.39 is 0 Å². The van der Waals surface area contributed by atoms with E-state index in [0.717, 1.165) is 0 Å². The molecule has 0 bridgehead atoms. The van der Waals surface area contributed by atoms with E-state index in [0.29, 0.717) is 32.8 Å². The van der Waals surface area contributed by atoms with Crippen LogP contribution in [0.1, 0.15) is 13.3 Å². The number of hydrogen-bond donors (Lipinski definition) is 1. The summed E-state index contributed by atoms with van der Waals surface area (Å²) in [6.07, 6.45) is -0.0667. The number of ether oxygens (including phenoxy) is 2. The fraction of sp³-hybridized carbons (Fsp3) is 0.857. The monoisotopic (exact) mass is 300 g/mol. The number of carbonyl (C=O) groups is 2. The lowest BCUT2D eigenvalue weighted by Gasteiger charge is -2.38. The molecule has 7 heteroatoms. The predicted molar refractivity (Wildman–Crippen MR) is 74.6 cm³/mol. The molecule has 1 N–H and O–H groups in total. The van der Waals surface area contributed by atoms with E-state index in [1.54, 1.807) is 16.9 Å². The van der Waals surface area contributed by atoms with Gasteiger partial charge in [-0.2, -0.15) is 0 Å². The summed E-state index contributed by atoms with van der Waals surface area (Å²) in [7, 11) is 1.59. The Morgan fingerprint density at radius 3 is 2.90 bits per heavy atom. The van der Waals surface area contributed by atoms with E-state index >= 15 is 0 Å². The van der Waals surface area contributed by atoms with Gasteiger partial charge in [-0.1, -0.05) is 0 Å². The maximum atomic E-state index is 12.6. The zero-order valence-electron chi connectivity index (χ0n) is 12.7. The Bertz CT molecular complexity index is 390. The lowest BCUT2D eigenvalue weighted by atomic mass is 10.0. The van der Waals surface area contributed by atoms with E-state index in [4.69, 9.17) is 9.47 Å². The van der Waals surface area contributed by atoms with Crippen molar-refractivity contribution in [1.29, 1.82) is 0 Å². The van der Waals surface area contributed by atoms with Crippen molar-refractivity contribution in [2.24, 2.45) is 5.92 Å². The minimum Gasteiger partial charge on any atom is -0.394 e. The van der Waals surface area contributed by atoms with E-state index in [9.17, 15) is 14.7 Å². The second-order valence-corrected chi connectivity index (χ2v) is 5.71. The van der Waals surface area contributed by atoms with Crippen molar-refractivity contribution in [2.75, 3.05) is 46.6 Å². The largest absolute Gasteiger partial charge is 0.394 e. The number of carbonyl (C=O) groups excluding carboxylic acids is 2. The minimum atomic E-state index is -0.327. The Morgan fingerprint density at radius 1 is 1.48 bits per heavy atom. The number of amides is 2. The number of likely N-dealkylation sites (tertiary alicyclic amines) is 1. The Hall–Kier alpha value is -1.18. The van der Waals surface area contributed by atoms with Crippen molar-refractivity contribution in [3.63, 3.8) is 0 Å². The van der Waals surface area contributed by atoms with Crippen LogP contribution >= 0.6 is 0 Å². The van der Waals surface area contributed by atoms with Crippen molar-refractivity contribution < 1.29 is 24.2 Å². The van der Waals surface area contributed by atoms with E-state index in [-0.39, 0.29) is 42.9 Å². The first kappa shape index (κ1) is 16.2. The van der Waals surface area contributed by atoms with Gasteiger partial charge in [-0.05, 0) is 6.92 Å². The molecule has 21 heavy (non-hydrogen) atoms. The maximum Gasteiger partial charge on any atom is 0.228 e. The number of nitrogens with zero attached hydrogens (tertiary/aromatic N) is 2. The SMILES string of the molecule is COCCN1CC(C(=O)N2CC(CO)OCC2C)CC1=O. The topological polar surface area (TPSA) is 79.3 Å². The number of hydrogen-bond acceptors (Lipinski definition) is 5. The van der Waals surface area contributed by atoms with E-state index in [2.05, 4.69) is 0 Å². The molecule has 2 rings (SSSR count). The first-order valence-electron chi connectivity index (χ1n) is 7.36. The first-order chi connectivity index (χ1) is 10.1. The highest BCUT2D eigenvalue weighted by Gasteiger charge is 2.39. The van der Waals surface area contributed by atoms with Crippen molar-refractivity contribution in [1.82, 2.24) is 9.80 Å². The van der Waals surface area contributed by atoms with Crippen molar-refractivity contribution in [3.8, 4) is 0 Å². The number of morpholine rings is 1. The van der Waals surface area contributed by atoms with Gasteiger partial charge in [0.25, 0.3) is 0 Å². The Kier molecular flexibility index (Phi) is 5.55. The predicted octanol–water partition coefficient (Wildman–Crippen LogP) is -0.910. The summed E-state index contributed by atoms with van der Waals surface area (Å²) in [6, 6.07) is -0.0246. The molecule has 2 heterocycles. The zero-order valence-corrected chi connectivity index (χ0v) is 12.7. The van der Waals surface area contributed by atoms with Gasteiger partial charge in [0.15, 0.2) is 0 Å². The molecule has 0 aliphatic carbocycles. The molecular weight excluding hydrogens is 276 g/mol. The van der Waals surface area contributed by atoms with Crippen molar-refractivity contribution in [3.05, 3.63) is 0 Å². The van der Waals surface area contributed by atoms with Crippen LogP contribution in [0.4, 0.5) is 0 Å². The van der Waals surface area contributed by atoms with Gasteiger partial charge in [0.2, 0.25) is 11.8 Å². The summed E-state index contributed by atoms with van der Waals surface area (Å²) in [5, 5.41) is 9.18. The van der Waals surface area contributed by atoms with Gasteiger partial charge in [-0.25, -0.2) is 0 Å². The lowest BCUT2D eigenvalue weighted by Crippen LogP contribution is -2.53. The summed E-state index contributed by atoms with van der Waals surface area (Å²) in [5.41, 5.74) is 0. The number of rotatable bonds is 5. The molecule has 3 atom stereocenters. The van der Waals surface area contributed by atoms with Crippen LogP contribution in [0.2, 0.25) is 0 Å². The lowest BCUT2D eigenvalue weighted by molar-refractivity contribution is -0.150. The fourth-order valence-electron chi connectivity index (χ4n) is 2.82. The molecule has 3 unspecified atom stereocenters. The quantitative estimate of drug-likeness (QED) is 0.711. The second-order valence-electron chi connectivity index (χ2n) is 5.71. The van der Waals surface area contributed by atoms with Crippen LogP contribution < -0.4 is 0 Å². The molecule has 2 aliphatic rings. The third-order valence-corrected chi connectivity index (χ3v) is 4.12. The van der Waals surface area contributed by atoms with Crippen molar-refractivity contribution in [2.45, 2.75) is 25.5 Å². The van der Waals surface area contributed by atoms with Crippen LogP contribution in [0, 0.1) is 5.92 Å². The van der Waals surface area contributed by atoms with Crippen LogP contribution in [0.15, 0.2) is 0 Å². The normalized spacial score (nSPS) is 30.0. The van der Waals surface area contributed by atoms with Crippen LogP contribution in [0.25, 0.3) is 0 Å². The highest BCUT2D eigenvalue weighted by molar-refractivity contribution is 5.89. The summed E-state index contributed by atoms with van der Waals surface area (Å²) in [6.45, 7) is 4.09. The van der Waals surface area contributed by atoms with Gasteiger partial charge in [0, 0.05) is 33.2 Å². The number of aliphatic hydroxyl groups excluding tert-OH is 1. The third kappa shape index (κ3) is 3.72. The molecule has 0 aromatic rings. The van der Waals surface area contributed by atoms with Crippen LogP contribution in [0.3, 0.4) is 0 Å². The summed E-state index contributed by atoms with van der Waals surface area (Å²) in [5.74, 6) is -0.309. The molecule has 120 valence electrons. The van der Waals surface area contributed by atoms with Crippen LogP contribution in [-0.2, 0) is 19.1 Å². The standard InChI is InChI=1S/C14H24N2O5/c1-10-9-21-12(8-17)7-16(10)14(19)11-5-13(18)15(6-11)3-4-20-2/h10-12,17H,3-9H2,1-2H3. The third-order valence-electron chi connectivity index (χ3n) is 4.12. The maximum absolute atomic E-state index is 12.6. The molecule has 0 saturated carbocycles. The average Bonchev–Trinajstić information content (AvgIpc) is 2.86. The van der Waals surface area contributed by atoms with Crippen LogP contribution in [0.5, 0.6) is 0 Å². The fourth-order valence-corrected chi connectivity index (χ4v) is 2.82. The van der Waals surface area contributed by atoms with Gasteiger partial charge in [-0.15, -0.1) is 0 Å². The number of methoxy groups -OCH3 is 1. The summed E-state index contributed by atoms with van der Waals surface area (Å²) in [4.78, 5) is 28.0. The Labute approximate surface area is 124 Å². The van der Waals surface area contributed by atoms with Gasteiger partial charge < -0.3 is 24.4 Å². The Morgan fingerprint density at radius 2 is 2.24 bits per heavy atom. The van der Waals surface area contributed by atoms with Crippen LogP contribution in [-0.4, -0.2) is 85.4 Å². The molecule has 7 nitrogen and oxygen atoms in total. The molecule has 2 saturated heterocycles. The highest BCUT2D eigenvalue weighted by Crippen LogP contribution is 2.23. The highest BCUT2D eigenvalue weighted by atomic mass is 16.5. The van der Waals surface area contributed by atoms with E-state index in [1.165, 1.54) is 0 Å².